The van der Waals surface area contributed by atoms with Gasteiger partial charge in [-0.05, 0) is 51.4 Å². The number of nitrogens with one attached hydrogen (secondary N) is 1. The van der Waals surface area contributed by atoms with E-state index in [2.05, 4.69) is 64.0 Å². The fraction of sp³-hybridized carbons (Fsp3) is 0.571. The van der Waals surface area contributed by atoms with Crippen LogP contribution in [0.1, 0.15) is 42.1 Å². The number of benzene rings is 1. The summed E-state index contributed by atoms with van der Waals surface area (Å²) in [6.45, 7) is 9.09. The van der Waals surface area contributed by atoms with E-state index in [0.29, 0.717) is 6.04 Å². The van der Waals surface area contributed by atoms with Crippen molar-refractivity contribution in [3.8, 4) is 0 Å². The minimum Gasteiger partial charge on any atom is -0.312 e. The van der Waals surface area contributed by atoms with Gasteiger partial charge in [0, 0.05) is 16.5 Å². The zero-order valence-corrected chi connectivity index (χ0v) is 11.7. The summed E-state index contributed by atoms with van der Waals surface area (Å²) in [7, 11) is 2.07. The molecule has 1 aliphatic heterocycles. The van der Waals surface area contributed by atoms with Gasteiger partial charge >= 0.3 is 0 Å². The Morgan fingerprint density at radius 2 is 2.00 bits per heavy atom. The quantitative estimate of drug-likeness (QED) is 0.798. The van der Waals surface area contributed by atoms with Gasteiger partial charge in [-0.1, -0.05) is 17.7 Å². The van der Waals surface area contributed by atoms with Crippen LogP contribution in [-0.4, -0.2) is 11.8 Å². The van der Waals surface area contributed by atoms with Gasteiger partial charge in [0.05, 0.1) is 0 Å². The lowest BCUT2D eigenvalue weighted by Gasteiger charge is -2.40. The van der Waals surface area contributed by atoms with Gasteiger partial charge in [-0.3, -0.25) is 0 Å². The molecule has 88 valence electrons. The van der Waals surface area contributed by atoms with E-state index in [9.17, 15) is 0 Å². The first kappa shape index (κ1) is 12.0. The molecule has 0 radical (unpaired) electrons. The second-order valence-corrected chi connectivity index (χ2v) is 6.90. The Hall–Kier alpha value is -0.470. The molecule has 0 bridgehead atoms. The van der Waals surface area contributed by atoms with Gasteiger partial charge in [0.2, 0.25) is 0 Å². The van der Waals surface area contributed by atoms with Crippen LogP contribution in [0.25, 0.3) is 0 Å². The number of thioether (sulfide) groups is 1. The number of hydrogen-bond acceptors (Lipinski definition) is 2. The first-order valence-electron chi connectivity index (χ1n) is 5.87. The van der Waals surface area contributed by atoms with Crippen molar-refractivity contribution in [1.82, 2.24) is 5.32 Å². The average Bonchev–Trinajstić information content (AvgIpc) is 2.18. The lowest BCUT2D eigenvalue weighted by atomic mass is 9.87. The first-order valence-corrected chi connectivity index (χ1v) is 6.85. The van der Waals surface area contributed by atoms with Gasteiger partial charge < -0.3 is 5.32 Å². The average molecular weight is 235 g/mol. The number of rotatable bonds is 1. The molecule has 1 heterocycles. The molecular formula is C14H21NS. The topological polar surface area (TPSA) is 12.0 Å². The molecule has 0 fully saturated rings. The molecule has 0 amide bonds. The highest BCUT2D eigenvalue weighted by Gasteiger charge is 2.36. The Labute approximate surface area is 103 Å². The van der Waals surface area contributed by atoms with E-state index < -0.39 is 0 Å². The molecule has 1 nitrogen and oxygen atoms in total. The molecule has 1 unspecified atom stereocenters. The summed E-state index contributed by atoms with van der Waals surface area (Å²) >= 11 is 2.05. The molecule has 0 aromatic heterocycles. The van der Waals surface area contributed by atoms with Crippen LogP contribution in [0.3, 0.4) is 0 Å². The summed E-state index contributed by atoms with van der Waals surface area (Å²) in [6, 6.07) is 5.10. The van der Waals surface area contributed by atoms with Gasteiger partial charge in [-0.15, -0.1) is 11.8 Å². The fourth-order valence-corrected chi connectivity index (χ4v) is 3.95. The van der Waals surface area contributed by atoms with Crippen molar-refractivity contribution in [2.75, 3.05) is 7.05 Å². The van der Waals surface area contributed by atoms with E-state index in [-0.39, 0.29) is 4.75 Å². The summed E-state index contributed by atoms with van der Waals surface area (Å²) in [4.78, 5) is 0. The van der Waals surface area contributed by atoms with E-state index in [1.165, 1.54) is 22.3 Å². The molecule has 0 aliphatic carbocycles. The highest BCUT2D eigenvalue weighted by Crippen LogP contribution is 2.46. The molecule has 1 N–H and O–H groups in total. The summed E-state index contributed by atoms with van der Waals surface area (Å²) in [5, 5.41) is 3.49. The molecule has 1 aromatic carbocycles. The SMILES string of the molecule is CNC1c2c(C)cc(C)cc2CSC1(C)C. The van der Waals surface area contributed by atoms with Crippen LogP contribution in [-0.2, 0) is 5.75 Å². The normalized spacial score (nSPS) is 22.9. The summed E-state index contributed by atoms with van der Waals surface area (Å²) < 4.78 is 0.280. The Bertz CT molecular complexity index is 409. The van der Waals surface area contributed by atoms with E-state index in [4.69, 9.17) is 0 Å². The smallest absolute Gasteiger partial charge is 0.0467 e. The zero-order chi connectivity index (χ0) is 11.9. The second-order valence-electron chi connectivity index (χ2n) is 5.27. The summed E-state index contributed by atoms with van der Waals surface area (Å²) in [5.41, 5.74) is 5.85. The molecule has 0 saturated carbocycles. The van der Waals surface area contributed by atoms with Crippen molar-refractivity contribution in [3.63, 3.8) is 0 Å². The molecule has 16 heavy (non-hydrogen) atoms. The van der Waals surface area contributed by atoms with Crippen molar-refractivity contribution < 1.29 is 0 Å². The highest BCUT2D eigenvalue weighted by molar-refractivity contribution is 8.00. The number of fused-ring (bicyclic) bond motifs is 1. The third-order valence-corrected chi connectivity index (χ3v) is 4.92. The predicted molar refractivity (Wildman–Crippen MR) is 73.1 cm³/mol. The van der Waals surface area contributed by atoms with E-state index >= 15 is 0 Å². The van der Waals surface area contributed by atoms with Crippen molar-refractivity contribution >= 4 is 11.8 Å². The van der Waals surface area contributed by atoms with E-state index in [0.717, 1.165) is 5.75 Å². The van der Waals surface area contributed by atoms with Crippen LogP contribution in [0.2, 0.25) is 0 Å². The highest BCUT2D eigenvalue weighted by atomic mass is 32.2. The van der Waals surface area contributed by atoms with Crippen molar-refractivity contribution in [3.05, 3.63) is 34.4 Å². The molecule has 2 heteroatoms. The van der Waals surface area contributed by atoms with Crippen LogP contribution < -0.4 is 5.32 Å². The lowest BCUT2D eigenvalue weighted by Crippen LogP contribution is -2.38. The van der Waals surface area contributed by atoms with Crippen LogP contribution in [0.5, 0.6) is 0 Å². The maximum Gasteiger partial charge on any atom is 0.0467 e. The van der Waals surface area contributed by atoms with Crippen LogP contribution in [0.4, 0.5) is 0 Å². The molecule has 0 saturated heterocycles. The molecule has 1 aliphatic rings. The molecule has 1 aromatic rings. The van der Waals surface area contributed by atoms with E-state index in [1.54, 1.807) is 0 Å². The third kappa shape index (κ3) is 1.89. The van der Waals surface area contributed by atoms with Crippen molar-refractivity contribution in [2.24, 2.45) is 0 Å². The van der Waals surface area contributed by atoms with Crippen LogP contribution >= 0.6 is 11.8 Å². The van der Waals surface area contributed by atoms with Gasteiger partial charge in [0.1, 0.15) is 0 Å². The summed E-state index contributed by atoms with van der Waals surface area (Å²) in [6.07, 6.45) is 0. The van der Waals surface area contributed by atoms with Crippen molar-refractivity contribution in [2.45, 2.75) is 44.2 Å². The monoisotopic (exact) mass is 235 g/mol. The lowest BCUT2D eigenvalue weighted by molar-refractivity contribution is 0.472. The zero-order valence-electron chi connectivity index (χ0n) is 10.8. The first-order chi connectivity index (χ1) is 7.45. The molecule has 1 atom stereocenters. The van der Waals surface area contributed by atoms with Crippen LogP contribution in [0.15, 0.2) is 12.1 Å². The van der Waals surface area contributed by atoms with Crippen LogP contribution in [0, 0.1) is 13.8 Å². The van der Waals surface area contributed by atoms with Gasteiger partial charge in [-0.25, -0.2) is 0 Å². The maximum absolute atomic E-state index is 3.49. The Kier molecular flexibility index (Phi) is 3.06. The largest absolute Gasteiger partial charge is 0.312 e. The van der Waals surface area contributed by atoms with Crippen molar-refractivity contribution in [1.29, 1.82) is 0 Å². The fourth-order valence-electron chi connectivity index (χ4n) is 2.79. The predicted octanol–water partition coefficient (Wildman–Crippen LogP) is 3.59. The second kappa shape index (κ2) is 4.08. The standard InChI is InChI=1S/C14H21NS/c1-9-6-10(2)12-11(7-9)8-16-14(3,4)13(12)15-5/h6-7,13,15H,8H2,1-5H3. The van der Waals surface area contributed by atoms with Gasteiger partial charge in [0.25, 0.3) is 0 Å². The molecule has 0 spiro atoms. The number of hydrogen-bond donors (Lipinski definition) is 1. The maximum atomic E-state index is 3.49. The minimum absolute atomic E-state index is 0.280. The Morgan fingerprint density at radius 3 is 2.62 bits per heavy atom. The number of aryl methyl sites for hydroxylation is 2. The minimum atomic E-state index is 0.280. The van der Waals surface area contributed by atoms with E-state index in [1.807, 2.05) is 0 Å². The van der Waals surface area contributed by atoms with Gasteiger partial charge in [-0.2, -0.15) is 0 Å². The van der Waals surface area contributed by atoms with Gasteiger partial charge in [0.15, 0.2) is 0 Å². The molecule has 2 rings (SSSR count). The third-order valence-electron chi connectivity index (χ3n) is 3.49. The Morgan fingerprint density at radius 1 is 1.31 bits per heavy atom. The Balaban J connectivity index is 2.57. The summed E-state index contributed by atoms with van der Waals surface area (Å²) in [5.74, 6) is 1.14. The molecular weight excluding hydrogens is 214 g/mol.